The summed E-state index contributed by atoms with van der Waals surface area (Å²) < 4.78 is 28.1. The Hall–Kier alpha value is -2.11. The molecule has 2 aromatic rings. The van der Waals surface area contributed by atoms with Crippen molar-refractivity contribution >= 4 is 5.78 Å². The van der Waals surface area contributed by atoms with Gasteiger partial charge in [0.25, 0.3) is 0 Å². The largest absolute Gasteiger partial charge is 0.287 e. The normalized spacial score (nSPS) is 10.7. The van der Waals surface area contributed by atoms with E-state index in [2.05, 4.69) is 10.1 Å². The van der Waals surface area contributed by atoms with Crippen LogP contribution in [0.1, 0.15) is 35.6 Å². The first-order valence-corrected chi connectivity index (χ1v) is 5.99. The summed E-state index contributed by atoms with van der Waals surface area (Å²) >= 11 is 0. The first kappa shape index (κ1) is 13.3. The number of halogens is 2. The van der Waals surface area contributed by atoms with Gasteiger partial charge in [0.2, 0.25) is 11.7 Å². The lowest BCUT2D eigenvalue weighted by molar-refractivity contribution is 0.102. The fraction of sp³-hybridized carbons (Fsp3) is 0.308. The SMILES string of the molecule is CCc1cc(C(=O)c2cc(F)ncc2F)n(CC)n1. The lowest BCUT2D eigenvalue weighted by Gasteiger charge is -2.04. The van der Waals surface area contributed by atoms with Crippen molar-refractivity contribution in [3.05, 3.63) is 47.0 Å². The van der Waals surface area contributed by atoms with Crippen molar-refractivity contribution < 1.29 is 13.6 Å². The topological polar surface area (TPSA) is 47.8 Å². The number of aryl methyl sites for hydroxylation is 2. The van der Waals surface area contributed by atoms with Crippen LogP contribution in [0.15, 0.2) is 18.3 Å². The molecule has 0 aliphatic carbocycles. The Morgan fingerprint density at radius 1 is 1.32 bits per heavy atom. The molecular weight excluding hydrogens is 252 g/mol. The van der Waals surface area contributed by atoms with Crippen molar-refractivity contribution in [2.45, 2.75) is 26.8 Å². The van der Waals surface area contributed by atoms with Gasteiger partial charge in [0.05, 0.1) is 17.5 Å². The maximum absolute atomic E-state index is 13.6. The average Bonchev–Trinajstić information content (AvgIpc) is 2.84. The molecule has 0 saturated carbocycles. The molecule has 0 radical (unpaired) electrons. The Labute approximate surface area is 109 Å². The van der Waals surface area contributed by atoms with Gasteiger partial charge in [0, 0.05) is 12.6 Å². The number of nitrogens with zero attached hydrogens (tertiary/aromatic N) is 3. The van der Waals surface area contributed by atoms with Gasteiger partial charge in [-0.25, -0.2) is 9.37 Å². The Kier molecular flexibility index (Phi) is 3.69. The molecule has 0 spiro atoms. The van der Waals surface area contributed by atoms with E-state index in [1.54, 1.807) is 6.07 Å². The van der Waals surface area contributed by atoms with E-state index >= 15 is 0 Å². The zero-order valence-corrected chi connectivity index (χ0v) is 10.7. The molecular formula is C13H13F2N3O. The van der Waals surface area contributed by atoms with Gasteiger partial charge >= 0.3 is 0 Å². The molecule has 0 bridgehead atoms. The zero-order valence-electron chi connectivity index (χ0n) is 10.7. The highest BCUT2D eigenvalue weighted by molar-refractivity contribution is 6.08. The maximum atomic E-state index is 13.6. The molecule has 0 N–H and O–H groups in total. The molecule has 0 saturated heterocycles. The summed E-state index contributed by atoms with van der Waals surface area (Å²) in [6.07, 6.45) is 1.37. The number of aromatic nitrogens is 3. The minimum Gasteiger partial charge on any atom is -0.287 e. The second kappa shape index (κ2) is 5.26. The highest BCUT2D eigenvalue weighted by Crippen LogP contribution is 2.15. The van der Waals surface area contributed by atoms with Crippen LogP contribution in [0, 0.1) is 11.8 Å². The first-order valence-electron chi connectivity index (χ1n) is 5.99. The van der Waals surface area contributed by atoms with Crippen molar-refractivity contribution in [2.24, 2.45) is 0 Å². The number of rotatable bonds is 4. The number of hydrogen-bond donors (Lipinski definition) is 0. The molecule has 100 valence electrons. The molecule has 0 atom stereocenters. The van der Waals surface area contributed by atoms with E-state index in [1.165, 1.54) is 4.68 Å². The lowest BCUT2D eigenvalue weighted by atomic mass is 10.1. The van der Waals surface area contributed by atoms with Crippen LogP contribution in [0.2, 0.25) is 0 Å². The summed E-state index contributed by atoms with van der Waals surface area (Å²) in [5, 5.41) is 4.21. The van der Waals surface area contributed by atoms with Gasteiger partial charge in [0.1, 0.15) is 5.69 Å². The van der Waals surface area contributed by atoms with Gasteiger partial charge in [-0.15, -0.1) is 0 Å². The van der Waals surface area contributed by atoms with Gasteiger partial charge < -0.3 is 0 Å². The van der Waals surface area contributed by atoms with Crippen LogP contribution in [-0.2, 0) is 13.0 Å². The minimum atomic E-state index is -0.886. The van der Waals surface area contributed by atoms with Crippen molar-refractivity contribution in [2.75, 3.05) is 0 Å². The van der Waals surface area contributed by atoms with Crippen molar-refractivity contribution in [1.29, 1.82) is 0 Å². The summed E-state index contributed by atoms with van der Waals surface area (Å²) in [7, 11) is 0. The quantitative estimate of drug-likeness (QED) is 0.630. The van der Waals surface area contributed by atoms with Gasteiger partial charge in [0.15, 0.2) is 5.82 Å². The Morgan fingerprint density at radius 3 is 2.68 bits per heavy atom. The zero-order chi connectivity index (χ0) is 14.0. The monoisotopic (exact) mass is 265 g/mol. The molecule has 0 fully saturated rings. The van der Waals surface area contributed by atoms with Gasteiger partial charge in [-0.05, 0) is 19.4 Å². The van der Waals surface area contributed by atoms with Crippen molar-refractivity contribution in [3.63, 3.8) is 0 Å². The second-order valence-corrected chi connectivity index (χ2v) is 4.01. The Balaban J connectivity index is 2.49. The molecule has 19 heavy (non-hydrogen) atoms. The number of pyridine rings is 1. The standard InChI is InChI=1S/C13H13F2N3O/c1-3-8-5-11(18(4-2)17-8)13(19)9-6-12(15)16-7-10(9)14/h5-7H,3-4H2,1-2H3. The molecule has 2 heterocycles. The van der Waals surface area contributed by atoms with E-state index in [0.717, 1.165) is 11.8 Å². The van der Waals surface area contributed by atoms with Gasteiger partial charge in [-0.3, -0.25) is 9.48 Å². The van der Waals surface area contributed by atoms with E-state index < -0.39 is 17.5 Å². The molecule has 6 heteroatoms. The molecule has 0 aliphatic heterocycles. The number of ketones is 1. The highest BCUT2D eigenvalue weighted by atomic mass is 19.1. The number of carbonyl (C=O) groups is 1. The Morgan fingerprint density at radius 2 is 2.05 bits per heavy atom. The van der Waals surface area contributed by atoms with E-state index in [1.807, 2.05) is 13.8 Å². The van der Waals surface area contributed by atoms with E-state index in [0.29, 0.717) is 19.2 Å². The summed E-state index contributed by atoms with van der Waals surface area (Å²) in [6, 6.07) is 2.40. The third kappa shape index (κ3) is 2.52. The summed E-state index contributed by atoms with van der Waals surface area (Å²) in [6.45, 7) is 4.21. The third-order valence-electron chi connectivity index (χ3n) is 2.79. The van der Waals surface area contributed by atoms with Crippen LogP contribution in [0.5, 0.6) is 0 Å². The Bertz CT molecular complexity index is 622. The maximum Gasteiger partial charge on any atom is 0.214 e. The third-order valence-corrected chi connectivity index (χ3v) is 2.79. The lowest BCUT2D eigenvalue weighted by Crippen LogP contribution is -2.12. The molecule has 0 amide bonds. The van der Waals surface area contributed by atoms with E-state index in [4.69, 9.17) is 0 Å². The van der Waals surface area contributed by atoms with Crippen molar-refractivity contribution in [3.8, 4) is 0 Å². The van der Waals surface area contributed by atoms with Crippen LogP contribution in [0.4, 0.5) is 8.78 Å². The van der Waals surface area contributed by atoms with Crippen LogP contribution < -0.4 is 0 Å². The second-order valence-electron chi connectivity index (χ2n) is 4.01. The van der Waals surface area contributed by atoms with Crippen LogP contribution >= 0.6 is 0 Å². The fourth-order valence-corrected chi connectivity index (χ4v) is 1.79. The summed E-state index contributed by atoms with van der Waals surface area (Å²) in [5.41, 5.74) is 0.661. The average molecular weight is 265 g/mol. The van der Waals surface area contributed by atoms with Crippen LogP contribution in [0.25, 0.3) is 0 Å². The smallest absolute Gasteiger partial charge is 0.214 e. The number of hydrogen-bond acceptors (Lipinski definition) is 3. The van der Waals surface area contributed by atoms with E-state index in [9.17, 15) is 13.6 Å². The van der Waals surface area contributed by atoms with E-state index in [-0.39, 0.29) is 11.3 Å². The predicted molar refractivity (Wildman–Crippen MR) is 64.9 cm³/mol. The molecule has 2 aromatic heterocycles. The highest BCUT2D eigenvalue weighted by Gasteiger charge is 2.20. The molecule has 4 nitrogen and oxygen atoms in total. The first-order chi connectivity index (χ1) is 9.06. The van der Waals surface area contributed by atoms with Gasteiger partial charge in [-0.1, -0.05) is 6.92 Å². The molecule has 0 aromatic carbocycles. The van der Waals surface area contributed by atoms with Crippen molar-refractivity contribution in [1.82, 2.24) is 14.8 Å². The summed E-state index contributed by atoms with van der Waals surface area (Å²) in [4.78, 5) is 15.4. The predicted octanol–water partition coefficient (Wildman–Crippen LogP) is 2.37. The van der Waals surface area contributed by atoms with Crippen LogP contribution in [-0.4, -0.2) is 20.5 Å². The number of carbonyl (C=O) groups excluding carboxylic acids is 1. The fourth-order valence-electron chi connectivity index (χ4n) is 1.79. The molecule has 0 unspecified atom stereocenters. The molecule has 2 rings (SSSR count). The summed E-state index contributed by atoms with van der Waals surface area (Å²) in [5.74, 6) is -2.32. The molecule has 0 aliphatic rings. The van der Waals surface area contributed by atoms with Crippen LogP contribution in [0.3, 0.4) is 0 Å². The minimum absolute atomic E-state index is 0.254. The van der Waals surface area contributed by atoms with Gasteiger partial charge in [-0.2, -0.15) is 9.49 Å².